The lowest BCUT2D eigenvalue weighted by molar-refractivity contribution is 0.397. The molecule has 0 spiro atoms. The van der Waals surface area contributed by atoms with E-state index in [9.17, 15) is 4.39 Å². The topological polar surface area (TPSA) is 54.2 Å². The molecule has 0 saturated heterocycles. The van der Waals surface area contributed by atoms with Crippen LogP contribution in [-0.2, 0) is 12.8 Å². The second-order valence-electron chi connectivity index (χ2n) is 8.79. The fourth-order valence-electron chi connectivity index (χ4n) is 4.46. The first-order chi connectivity index (χ1) is 17.5. The van der Waals surface area contributed by atoms with Crippen LogP contribution in [0.15, 0.2) is 89.1 Å². The van der Waals surface area contributed by atoms with Gasteiger partial charge in [-0.1, -0.05) is 78.8 Å². The molecule has 1 unspecified atom stereocenters. The SMILES string of the molecule is CCc1ccc(-c2noc(C3=C(C)N(CCc4ccccc4)C(=S)NC3c3ccc(F)cc3)n2)cc1. The van der Waals surface area contributed by atoms with Gasteiger partial charge in [-0.3, -0.25) is 0 Å². The van der Waals surface area contributed by atoms with Crippen LogP contribution in [0.1, 0.15) is 42.5 Å². The number of hydrogen-bond donors (Lipinski definition) is 1. The van der Waals surface area contributed by atoms with Crippen LogP contribution in [-0.4, -0.2) is 26.7 Å². The molecule has 0 bridgehead atoms. The molecule has 1 N–H and O–H groups in total. The lowest BCUT2D eigenvalue weighted by Crippen LogP contribution is -2.46. The van der Waals surface area contributed by atoms with Crippen molar-refractivity contribution in [2.75, 3.05) is 6.54 Å². The molecular formula is C29H27FN4OS. The molecule has 36 heavy (non-hydrogen) atoms. The Morgan fingerprint density at radius 3 is 2.39 bits per heavy atom. The van der Waals surface area contributed by atoms with Crippen molar-refractivity contribution in [3.05, 3.63) is 113 Å². The Labute approximate surface area is 215 Å². The number of aryl methyl sites for hydroxylation is 1. The summed E-state index contributed by atoms with van der Waals surface area (Å²) in [5.41, 5.74) is 5.98. The highest BCUT2D eigenvalue weighted by atomic mass is 32.1. The van der Waals surface area contributed by atoms with E-state index in [0.29, 0.717) is 23.4 Å². The summed E-state index contributed by atoms with van der Waals surface area (Å²) >= 11 is 5.77. The van der Waals surface area contributed by atoms with Crippen LogP contribution in [0.5, 0.6) is 0 Å². The lowest BCUT2D eigenvalue weighted by atomic mass is 9.94. The van der Waals surface area contributed by atoms with Gasteiger partial charge in [0.1, 0.15) is 5.82 Å². The van der Waals surface area contributed by atoms with Crippen molar-refractivity contribution in [2.45, 2.75) is 32.7 Å². The maximum Gasteiger partial charge on any atom is 0.258 e. The van der Waals surface area contributed by atoms with Gasteiger partial charge in [-0.15, -0.1) is 0 Å². The van der Waals surface area contributed by atoms with Gasteiger partial charge in [-0.2, -0.15) is 4.98 Å². The van der Waals surface area contributed by atoms with Crippen LogP contribution in [0.2, 0.25) is 0 Å². The Morgan fingerprint density at radius 1 is 0.972 bits per heavy atom. The van der Waals surface area contributed by atoms with Crippen LogP contribution in [0.3, 0.4) is 0 Å². The molecule has 7 heteroatoms. The average molecular weight is 499 g/mol. The van der Waals surface area contributed by atoms with Gasteiger partial charge in [-0.05, 0) is 60.8 Å². The number of hydrogen-bond acceptors (Lipinski definition) is 4. The summed E-state index contributed by atoms with van der Waals surface area (Å²) in [6.45, 7) is 4.83. The number of allylic oxidation sites excluding steroid dienone is 1. The Hall–Kier alpha value is -3.84. The summed E-state index contributed by atoms with van der Waals surface area (Å²) in [7, 11) is 0. The van der Waals surface area contributed by atoms with E-state index >= 15 is 0 Å². The summed E-state index contributed by atoms with van der Waals surface area (Å²) < 4.78 is 19.5. The smallest absolute Gasteiger partial charge is 0.258 e. The zero-order chi connectivity index (χ0) is 25.1. The molecule has 0 saturated carbocycles. The average Bonchev–Trinajstić information content (AvgIpc) is 3.39. The number of rotatable bonds is 7. The normalized spacial score (nSPS) is 15.8. The van der Waals surface area contributed by atoms with Crippen LogP contribution >= 0.6 is 12.2 Å². The van der Waals surface area contributed by atoms with E-state index in [1.807, 2.05) is 37.3 Å². The molecule has 1 aliphatic heterocycles. The number of aromatic nitrogens is 2. The fraction of sp³-hybridized carbons (Fsp3) is 0.207. The van der Waals surface area contributed by atoms with Crippen LogP contribution in [0.4, 0.5) is 4.39 Å². The van der Waals surface area contributed by atoms with Gasteiger partial charge in [-0.25, -0.2) is 4.39 Å². The van der Waals surface area contributed by atoms with Crippen molar-refractivity contribution in [2.24, 2.45) is 0 Å². The molecule has 0 amide bonds. The number of halogens is 1. The summed E-state index contributed by atoms with van der Waals surface area (Å²) in [4.78, 5) is 6.83. The third-order valence-electron chi connectivity index (χ3n) is 6.54. The first-order valence-electron chi connectivity index (χ1n) is 12.0. The quantitative estimate of drug-likeness (QED) is 0.300. The number of thiocarbonyl (C=S) groups is 1. The van der Waals surface area contributed by atoms with Crippen molar-refractivity contribution >= 4 is 22.9 Å². The Balaban J connectivity index is 1.53. The zero-order valence-corrected chi connectivity index (χ0v) is 21.1. The van der Waals surface area contributed by atoms with E-state index in [4.69, 9.17) is 21.7 Å². The van der Waals surface area contributed by atoms with E-state index in [1.54, 1.807) is 12.1 Å². The Morgan fingerprint density at radius 2 is 1.69 bits per heavy atom. The Kier molecular flexibility index (Phi) is 6.91. The van der Waals surface area contributed by atoms with Crippen molar-refractivity contribution in [3.63, 3.8) is 0 Å². The third kappa shape index (κ3) is 4.93. The van der Waals surface area contributed by atoms with Gasteiger partial charge in [0.2, 0.25) is 5.82 Å². The maximum absolute atomic E-state index is 13.7. The molecule has 3 aromatic carbocycles. The van der Waals surface area contributed by atoms with Crippen LogP contribution < -0.4 is 5.32 Å². The van der Waals surface area contributed by atoms with Gasteiger partial charge in [0, 0.05) is 17.8 Å². The molecule has 0 fully saturated rings. The molecule has 5 nitrogen and oxygen atoms in total. The molecule has 182 valence electrons. The molecule has 4 aromatic rings. The van der Waals surface area contributed by atoms with Crippen molar-refractivity contribution in [1.29, 1.82) is 0 Å². The van der Waals surface area contributed by atoms with Crippen LogP contribution in [0.25, 0.3) is 17.0 Å². The van der Waals surface area contributed by atoms with Crippen LogP contribution in [0, 0.1) is 5.82 Å². The minimum absolute atomic E-state index is 0.292. The van der Waals surface area contributed by atoms with Gasteiger partial charge in [0.15, 0.2) is 5.11 Å². The second kappa shape index (κ2) is 10.4. The maximum atomic E-state index is 13.7. The molecule has 1 atom stereocenters. The first kappa shape index (κ1) is 23.9. The standard InChI is InChI=1S/C29H27FN4OS/c1-3-20-9-11-23(12-10-20)27-32-28(35-33-27)25-19(2)34(18-17-21-7-5-4-6-8-21)29(36)31-26(25)22-13-15-24(30)16-14-22/h4-16,26H,3,17-18H2,1-2H3,(H,31,36). The van der Waals surface area contributed by atoms with E-state index in [1.165, 1.54) is 23.3 Å². The van der Waals surface area contributed by atoms with Gasteiger partial charge < -0.3 is 14.7 Å². The highest BCUT2D eigenvalue weighted by Crippen LogP contribution is 2.37. The molecule has 2 heterocycles. The number of nitrogens with zero attached hydrogens (tertiary/aromatic N) is 3. The number of benzene rings is 3. The summed E-state index contributed by atoms with van der Waals surface area (Å²) in [5.74, 6) is 0.644. The summed E-state index contributed by atoms with van der Waals surface area (Å²) in [6, 6.07) is 24.5. The zero-order valence-electron chi connectivity index (χ0n) is 20.2. The Bertz CT molecular complexity index is 1380. The minimum atomic E-state index is -0.346. The number of nitrogens with one attached hydrogen (secondary N) is 1. The molecule has 1 aliphatic rings. The van der Waals surface area contributed by atoms with E-state index in [-0.39, 0.29) is 11.9 Å². The summed E-state index contributed by atoms with van der Waals surface area (Å²) in [5, 5.41) is 8.31. The largest absolute Gasteiger partial charge is 0.351 e. The third-order valence-corrected chi connectivity index (χ3v) is 6.88. The van der Waals surface area contributed by atoms with Gasteiger partial charge in [0.05, 0.1) is 11.6 Å². The summed E-state index contributed by atoms with van der Waals surface area (Å²) in [6.07, 6.45) is 1.79. The van der Waals surface area contributed by atoms with E-state index < -0.39 is 0 Å². The van der Waals surface area contributed by atoms with Crippen molar-refractivity contribution in [1.82, 2.24) is 20.4 Å². The highest BCUT2D eigenvalue weighted by Gasteiger charge is 2.34. The predicted octanol–water partition coefficient (Wildman–Crippen LogP) is 6.34. The fourth-order valence-corrected chi connectivity index (χ4v) is 4.80. The minimum Gasteiger partial charge on any atom is -0.351 e. The highest BCUT2D eigenvalue weighted by molar-refractivity contribution is 7.80. The molecule has 1 aromatic heterocycles. The molecule has 0 radical (unpaired) electrons. The van der Waals surface area contributed by atoms with Crippen molar-refractivity contribution < 1.29 is 8.91 Å². The molecular weight excluding hydrogens is 471 g/mol. The predicted molar refractivity (Wildman–Crippen MR) is 143 cm³/mol. The van der Waals surface area contributed by atoms with Gasteiger partial charge in [0.25, 0.3) is 5.89 Å². The first-order valence-corrected chi connectivity index (χ1v) is 12.5. The second-order valence-corrected chi connectivity index (χ2v) is 9.18. The molecule has 0 aliphatic carbocycles. The van der Waals surface area contributed by atoms with E-state index in [0.717, 1.165) is 35.2 Å². The van der Waals surface area contributed by atoms with Gasteiger partial charge >= 0.3 is 0 Å². The lowest BCUT2D eigenvalue weighted by Gasteiger charge is -2.37. The monoisotopic (exact) mass is 498 g/mol. The van der Waals surface area contributed by atoms with E-state index in [2.05, 4.69) is 46.6 Å². The molecule has 5 rings (SSSR count). The van der Waals surface area contributed by atoms with Crippen molar-refractivity contribution in [3.8, 4) is 11.4 Å².